The van der Waals surface area contributed by atoms with Crippen LogP contribution in [-0.2, 0) is 13.1 Å². The lowest BCUT2D eigenvalue weighted by molar-refractivity contribution is 0.0963. The number of likely N-dealkylation sites (tertiary alicyclic amines) is 1. The molecule has 1 aromatic carbocycles. The summed E-state index contributed by atoms with van der Waals surface area (Å²) in [6.45, 7) is 5.12. The van der Waals surface area contributed by atoms with Crippen molar-refractivity contribution in [2.24, 2.45) is 0 Å². The summed E-state index contributed by atoms with van der Waals surface area (Å²) in [5.74, 6) is 0.490. The molecular formula is C21H28N4O. The highest BCUT2D eigenvalue weighted by atomic mass is 16.1. The Labute approximate surface area is 155 Å². The first-order valence-corrected chi connectivity index (χ1v) is 9.41. The molecule has 1 saturated heterocycles. The fourth-order valence-electron chi connectivity index (χ4n) is 3.54. The largest absolute Gasteiger partial charge is 0.365 e. The highest BCUT2D eigenvalue weighted by molar-refractivity contribution is 5.98. The fourth-order valence-corrected chi connectivity index (χ4v) is 3.54. The number of pyridine rings is 1. The summed E-state index contributed by atoms with van der Waals surface area (Å²) in [7, 11) is 1.63. The SMILES string of the molecule is CNC(=O)c1cccnc1NCc1ccccc1CN1CCCCC1C. The van der Waals surface area contributed by atoms with Crippen molar-refractivity contribution in [3.8, 4) is 0 Å². The van der Waals surface area contributed by atoms with E-state index in [1.807, 2.05) is 0 Å². The van der Waals surface area contributed by atoms with E-state index in [0.29, 0.717) is 24.0 Å². The summed E-state index contributed by atoms with van der Waals surface area (Å²) in [5.41, 5.74) is 3.15. The van der Waals surface area contributed by atoms with Crippen molar-refractivity contribution in [1.29, 1.82) is 0 Å². The van der Waals surface area contributed by atoms with Gasteiger partial charge in [0.1, 0.15) is 5.82 Å². The molecule has 1 aliphatic heterocycles. The van der Waals surface area contributed by atoms with Crippen LogP contribution in [0.25, 0.3) is 0 Å². The first kappa shape index (κ1) is 18.4. The molecule has 0 saturated carbocycles. The zero-order chi connectivity index (χ0) is 18.4. The molecule has 5 heteroatoms. The van der Waals surface area contributed by atoms with Gasteiger partial charge < -0.3 is 10.6 Å². The molecule has 5 nitrogen and oxygen atoms in total. The minimum atomic E-state index is -0.129. The minimum Gasteiger partial charge on any atom is -0.365 e. The Morgan fingerprint density at radius 3 is 2.77 bits per heavy atom. The molecule has 1 fully saturated rings. The Morgan fingerprint density at radius 1 is 1.19 bits per heavy atom. The molecular weight excluding hydrogens is 324 g/mol. The second-order valence-corrected chi connectivity index (χ2v) is 6.92. The quantitative estimate of drug-likeness (QED) is 0.836. The number of carbonyl (C=O) groups excluding carboxylic acids is 1. The van der Waals surface area contributed by atoms with E-state index >= 15 is 0 Å². The molecule has 2 heterocycles. The standard InChI is InChI=1S/C21H28N4O/c1-16-8-5-6-13-25(16)15-18-10-4-3-9-17(18)14-24-20-19(21(26)22-2)11-7-12-23-20/h3-4,7,9-12,16H,5-6,8,13-15H2,1-2H3,(H,22,26)(H,23,24). The summed E-state index contributed by atoms with van der Waals surface area (Å²) in [6, 6.07) is 12.7. The minimum absolute atomic E-state index is 0.129. The normalized spacial score (nSPS) is 17.7. The zero-order valence-electron chi connectivity index (χ0n) is 15.7. The highest BCUT2D eigenvalue weighted by Gasteiger charge is 2.19. The molecule has 1 aliphatic rings. The number of anilines is 1. The average Bonchev–Trinajstić information content (AvgIpc) is 2.68. The molecule has 2 aromatic rings. The van der Waals surface area contributed by atoms with Gasteiger partial charge in [-0.3, -0.25) is 9.69 Å². The van der Waals surface area contributed by atoms with Crippen LogP contribution in [0.4, 0.5) is 5.82 Å². The number of hydrogen-bond acceptors (Lipinski definition) is 4. The van der Waals surface area contributed by atoms with Crippen LogP contribution in [0.1, 0.15) is 47.7 Å². The Hall–Kier alpha value is -2.40. The van der Waals surface area contributed by atoms with Gasteiger partial charge in [-0.05, 0) is 49.6 Å². The summed E-state index contributed by atoms with van der Waals surface area (Å²) in [4.78, 5) is 18.9. The third-order valence-electron chi connectivity index (χ3n) is 5.16. The Bertz CT molecular complexity index is 746. The van der Waals surface area contributed by atoms with Gasteiger partial charge in [0.05, 0.1) is 5.56 Å². The average molecular weight is 352 g/mol. The van der Waals surface area contributed by atoms with E-state index in [4.69, 9.17) is 0 Å². The maximum Gasteiger partial charge on any atom is 0.254 e. The fraction of sp³-hybridized carbons (Fsp3) is 0.429. The van der Waals surface area contributed by atoms with Crippen molar-refractivity contribution < 1.29 is 4.79 Å². The second kappa shape index (κ2) is 8.81. The maximum absolute atomic E-state index is 12.0. The van der Waals surface area contributed by atoms with Crippen LogP contribution < -0.4 is 10.6 Å². The Kier molecular flexibility index (Phi) is 6.23. The van der Waals surface area contributed by atoms with Crippen LogP contribution in [-0.4, -0.2) is 35.4 Å². The first-order valence-electron chi connectivity index (χ1n) is 9.41. The van der Waals surface area contributed by atoms with Gasteiger partial charge in [0.25, 0.3) is 5.91 Å². The van der Waals surface area contributed by atoms with E-state index in [-0.39, 0.29) is 5.91 Å². The number of aromatic nitrogens is 1. The molecule has 1 atom stereocenters. The summed E-state index contributed by atoms with van der Waals surface area (Å²) >= 11 is 0. The van der Waals surface area contributed by atoms with Gasteiger partial charge in [-0.15, -0.1) is 0 Å². The van der Waals surface area contributed by atoms with Crippen LogP contribution in [0.15, 0.2) is 42.6 Å². The second-order valence-electron chi connectivity index (χ2n) is 6.92. The van der Waals surface area contributed by atoms with Crippen molar-refractivity contribution in [3.05, 3.63) is 59.3 Å². The lowest BCUT2D eigenvalue weighted by atomic mass is 10.0. The van der Waals surface area contributed by atoms with E-state index < -0.39 is 0 Å². The number of nitrogens with zero attached hydrogens (tertiary/aromatic N) is 2. The van der Waals surface area contributed by atoms with Gasteiger partial charge in [0.2, 0.25) is 0 Å². The van der Waals surface area contributed by atoms with E-state index in [2.05, 4.69) is 51.7 Å². The van der Waals surface area contributed by atoms with Crippen molar-refractivity contribution in [2.75, 3.05) is 18.9 Å². The number of piperidine rings is 1. The number of rotatable bonds is 6. The first-order chi connectivity index (χ1) is 12.7. The van der Waals surface area contributed by atoms with Gasteiger partial charge in [0, 0.05) is 32.4 Å². The lowest BCUT2D eigenvalue weighted by Gasteiger charge is -2.33. The van der Waals surface area contributed by atoms with E-state index in [0.717, 1.165) is 6.54 Å². The third-order valence-corrected chi connectivity index (χ3v) is 5.16. The molecule has 3 rings (SSSR count). The van der Waals surface area contributed by atoms with Gasteiger partial charge in [-0.1, -0.05) is 30.7 Å². The van der Waals surface area contributed by atoms with Gasteiger partial charge in [-0.2, -0.15) is 0 Å². The lowest BCUT2D eigenvalue weighted by Crippen LogP contribution is -2.37. The molecule has 0 bridgehead atoms. The molecule has 0 spiro atoms. The van der Waals surface area contributed by atoms with Gasteiger partial charge in [0.15, 0.2) is 0 Å². The van der Waals surface area contributed by atoms with Crippen molar-refractivity contribution in [2.45, 2.75) is 45.3 Å². The summed E-state index contributed by atoms with van der Waals surface area (Å²) in [5, 5.41) is 6.01. The molecule has 2 N–H and O–H groups in total. The smallest absolute Gasteiger partial charge is 0.254 e. The van der Waals surface area contributed by atoms with E-state index in [1.165, 1.54) is 36.9 Å². The van der Waals surface area contributed by atoms with Crippen LogP contribution in [0, 0.1) is 0 Å². The number of carbonyl (C=O) groups is 1. The maximum atomic E-state index is 12.0. The topological polar surface area (TPSA) is 57.3 Å². The van der Waals surface area contributed by atoms with Gasteiger partial charge in [-0.25, -0.2) is 4.98 Å². The molecule has 1 unspecified atom stereocenters. The van der Waals surface area contributed by atoms with Crippen molar-refractivity contribution in [3.63, 3.8) is 0 Å². The molecule has 26 heavy (non-hydrogen) atoms. The molecule has 0 aliphatic carbocycles. The predicted octanol–water partition coefficient (Wildman–Crippen LogP) is 3.43. The third kappa shape index (κ3) is 4.41. The number of hydrogen-bond donors (Lipinski definition) is 2. The van der Waals surface area contributed by atoms with E-state index in [9.17, 15) is 4.79 Å². The van der Waals surface area contributed by atoms with Crippen LogP contribution >= 0.6 is 0 Å². The van der Waals surface area contributed by atoms with Crippen LogP contribution in [0.5, 0.6) is 0 Å². The summed E-state index contributed by atoms with van der Waals surface area (Å²) < 4.78 is 0. The molecule has 138 valence electrons. The van der Waals surface area contributed by atoms with Crippen molar-refractivity contribution >= 4 is 11.7 Å². The highest BCUT2D eigenvalue weighted by Crippen LogP contribution is 2.21. The Morgan fingerprint density at radius 2 is 2.00 bits per heavy atom. The number of benzene rings is 1. The number of nitrogens with one attached hydrogen (secondary N) is 2. The molecule has 1 aromatic heterocycles. The zero-order valence-corrected chi connectivity index (χ0v) is 15.7. The van der Waals surface area contributed by atoms with Gasteiger partial charge >= 0.3 is 0 Å². The summed E-state index contributed by atoms with van der Waals surface area (Å²) in [6.07, 6.45) is 5.61. The monoisotopic (exact) mass is 352 g/mol. The van der Waals surface area contributed by atoms with Crippen LogP contribution in [0.2, 0.25) is 0 Å². The van der Waals surface area contributed by atoms with Crippen LogP contribution in [0.3, 0.4) is 0 Å². The Balaban J connectivity index is 1.72. The molecule has 0 radical (unpaired) electrons. The van der Waals surface area contributed by atoms with Crippen molar-refractivity contribution in [1.82, 2.24) is 15.2 Å². The predicted molar refractivity (Wildman–Crippen MR) is 105 cm³/mol. The molecule has 1 amide bonds. The number of amides is 1. The van der Waals surface area contributed by atoms with E-state index in [1.54, 1.807) is 25.4 Å².